The molecule has 0 heterocycles. The summed E-state index contributed by atoms with van der Waals surface area (Å²) in [4.78, 5) is 26.2. The molecule has 0 aliphatic rings. The number of rotatable bonds is 7. The molecule has 6 nitrogen and oxygen atoms in total. The van der Waals surface area contributed by atoms with Crippen molar-refractivity contribution in [2.75, 3.05) is 19.7 Å². The second-order valence-corrected chi connectivity index (χ2v) is 8.50. The molecule has 1 aromatic rings. The van der Waals surface area contributed by atoms with Crippen molar-refractivity contribution in [3.05, 3.63) is 35.4 Å². The van der Waals surface area contributed by atoms with Crippen LogP contribution in [0.3, 0.4) is 0 Å². The number of aliphatic hydroxyl groups is 1. The first-order chi connectivity index (χ1) is 12.4. The van der Waals surface area contributed by atoms with Crippen LogP contribution >= 0.6 is 0 Å². The van der Waals surface area contributed by atoms with Gasteiger partial charge in [0, 0.05) is 19.7 Å². The van der Waals surface area contributed by atoms with E-state index in [1.54, 1.807) is 23.1 Å². The molecule has 0 aromatic heterocycles. The molecule has 0 aliphatic heterocycles. The fraction of sp³-hybridized carbons (Fsp3) is 0.619. The molecule has 0 atom stereocenters. The maximum absolute atomic E-state index is 12.4. The molecule has 0 unspecified atom stereocenters. The number of benzene rings is 1. The first kappa shape index (κ1) is 23.0. The van der Waals surface area contributed by atoms with Gasteiger partial charge >= 0.3 is 12.1 Å². The van der Waals surface area contributed by atoms with Crippen LogP contribution in [-0.4, -0.2) is 53.0 Å². The van der Waals surface area contributed by atoms with E-state index < -0.39 is 17.3 Å². The van der Waals surface area contributed by atoms with Crippen LogP contribution in [-0.2, 0) is 15.9 Å². The van der Waals surface area contributed by atoms with Crippen LogP contribution in [0.4, 0.5) is 4.79 Å². The van der Waals surface area contributed by atoms with Crippen molar-refractivity contribution in [2.24, 2.45) is 0 Å². The van der Waals surface area contributed by atoms with Crippen LogP contribution < -0.4 is 0 Å². The summed E-state index contributed by atoms with van der Waals surface area (Å²) in [5.41, 5.74) is 0.285. The highest BCUT2D eigenvalue weighted by atomic mass is 16.6. The second-order valence-electron chi connectivity index (χ2n) is 8.50. The van der Waals surface area contributed by atoms with E-state index in [0.29, 0.717) is 31.5 Å². The molecule has 0 aliphatic carbocycles. The SMILES string of the molecule is CC(C)(C)OC(=O)c1cccc(CCN(CCCO)C(=O)OC(C)(C)C)c1. The summed E-state index contributed by atoms with van der Waals surface area (Å²) in [6, 6.07) is 7.22. The largest absolute Gasteiger partial charge is 0.456 e. The molecule has 0 fully saturated rings. The van der Waals surface area contributed by atoms with Gasteiger partial charge in [0.25, 0.3) is 0 Å². The van der Waals surface area contributed by atoms with E-state index in [1.807, 2.05) is 47.6 Å². The number of hydrogen-bond acceptors (Lipinski definition) is 5. The van der Waals surface area contributed by atoms with Gasteiger partial charge in [0.2, 0.25) is 0 Å². The topological polar surface area (TPSA) is 76.1 Å². The van der Waals surface area contributed by atoms with Crippen LogP contribution in [0.15, 0.2) is 24.3 Å². The average Bonchev–Trinajstić information content (AvgIpc) is 2.52. The zero-order valence-corrected chi connectivity index (χ0v) is 17.4. The van der Waals surface area contributed by atoms with Crippen LogP contribution in [0.25, 0.3) is 0 Å². The smallest absolute Gasteiger partial charge is 0.410 e. The molecule has 152 valence electrons. The number of hydrogen-bond donors (Lipinski definition) is 1. The number of carbonyl (C=O) groups excluding carboxylic acids is 2. The number of ether oxygens (including phenoxy) is 2. The third kappa shape index (κ3) is 9.43. The lowest BCUT2D eigenvalue weighted by Gasteiger charge is -2.27. The lowest BCUT2D eigenvalue weighted by Crippen LogP contribution is -2.38. The lowest BCUT2D eigenvalue weighted by atomic mass is 10.1. The van der Waals surface area contributed by atoms with Crippen molar-refractivity contribution in [1.29, 1.82) is 0 Å². The van der Waals surface area contributed by atoms with Gasteiger partial charge in [-0.1, -0.05) is 12.1 Å². The number of carbonyl (C=O) groups is 2. The Morgan fingerprint density at radius 2 is 1.63 bits per heavy atom. The van der Waals surface area contributed by atoms with Gasteiger partial charge < -0.3 is 19.5 Å². The van der Waals surface area contributed by atoms with Gasteiger partial charge in [-0.3, -0.25) is 0 Å². The van der Waals surface area contributed by atoms with Crippen LogP contribution in [0, 0.1) is 0 Å². The quantitative estimate of drug-likeness (QED) is 0.729. The van der Waals surface area contributed by atoms with Crippen molar-refractivity contribution in [3.8, 4) is 0 Å². The molecule has 27 heavy (non-hydrogen) atoms. The average molecular weight is 379 g/mol. The highest BCUT2D eigenvalue weighted by molar-refractivity contribution is 5.89. The predicted molar refractivity (Wildman–Crippen MR) is 105 cm³/mol. The molecule has 1 aromatic carbocycles. The summed E-state index contributed by atoms with van der Waals surface area (Å²) in [5.74, 6) is -0.367. The molecule has 0 saturated carbocycles. The Balaban J connectivity index is 2.78. The van der Waals surface area contributed by atoms with E-state index in [2.05, 4.69) is 0 Å². The van der Waals surface area contributed by atoms with E-state index in [-0.39, 0.29) is 12.6 Å². The monoisotopic (exact) mass is 379 g/mol. The van der Waals surface area contributed by atoms with Gasteiger partial charge in [-0.2, -0.15) is 0 Å². The van der Waals surface area contributed by atoms with Crippen molar-refractivity contribution >= 4 is 12.1 Å². The minimum Gasteiger partial charge on any atom is -0.456 e. The molecule has 0 bridgehead atoms. The number of aliphatic hydroxyl groups excluding tert-OH is 1. The van der Waals surface area contributed by atoms with Crippen molar-refractivity contribution in [3.63, 3.8) is 0 Å². The first-order valence-corrected chi connectivity index (χ1v) is 9.32. The number of nitrogens with zero attached hydrogens (tertiary/aromatic N) is 1. The fourth-order valence-corrected chi connectivity index (χ4v) is 2.34. The van der Waals surface area contributed by atoms with Gasteiger partial charge in [0.05, 0.1) is 5.56 Å². The zero-order chi connectivity index (χ0) is 20.7. The normalized spacial score (nSPS) is 11.8. The molecular formula is C21H33NO5. The Morgan fingerprint density at radius 1 is 1.00 bits per heavy atom. The first-order valence-electron chi connectivity index (χ1n) is 9.32. The molecule has 0 radical (unpaired) electrons. The van der Waals surface area contributed by atoms with Crippen molar-refractivity contribution in [2.45, 2.75) is 65.6 Å². The predicted octanol–water partition coefficient (Wildman–Crippen LogP) is 3.80. The van der Waals surface area contributed by atoms with Crippen LogP contribution in [0.5, 0.6) is 0 Å². The van der Waals surface area contributed by atoms with E-state index in [1.165, 1.54) is 0 Å². The maximum Gasteiger partial charge on any atom is 0.410 e. The van der Waals surface area contributed by atoms with E-state index in [9.17, 15) is 9.59 Å². The Morgan fingerprint density at radius 3 is 2.19 bits per heavy atom. The van der Waals surface area contributed by atoms with Crippen LogP contribution in [0.1, 0.15) is 63.9 Å². The molecule has 1 N–H and O–H groups in total. The summed E-state index contributed by atoms with van der Waals surface area (Å²) >= 11 is 0. The molecule has 1 rings (SSSR count). The number of amides is 1. The standard InChI is InChI=1S/C21H33NO5/c1-20(2,3)26-18(24)17-10-7-9-16(15-17)11-13-22(12-8-14-23)19(25)27-21(4,5)6/h7,9-10,15,23H,8,11-14H2,1-6H3. The van der Waals surface area contributed by atoms with Crippen molar-refractivity contribution in [1.82, 2.24) is 4.90 Å². The third-order valence-corrected chi connectivity index (χ3v) is 3.47. The fourth-order valence-electron chi connectivity index (χ4n) is 2.34. The Hall–Kier alpha value is -2.08. The highest BCUT2D eigenvalue weighted by Gasteiger charge is 2.22. The van der Waals surface area contributed by atoms with Gasteiger partial charge in [-0.05, 0) is 72.1 Å². The van der Waals surface area contributed by atoms with Gasteiger partial charge in [0.15, 0.2) is 0 Å². The van der Waals surface area contributed by atoms with Gasteiger partial charge in [0.1, 0.15) is 11.2 Å². The van der Waals surface area contributed by atoms with Crippen molar-refractivity contribution < 1.29 is 24.2 Å². The summed E-state index contributed by atoms with van der Waals surface area (Å²) in [5, 5.41) is 9.07. The number of esters is 1. The Labute approximate surface area is 162 Å². The summed E-state index contributed by atoms with van der Waals surface area (Å²) in [6.45, 7) is 11.8. The Kier molecular flexibility index (Phi) is 8.28. The lowest BCUT2D eigenvalue weighted by molar-refractivity contribution is 0.00682. The van der Waals surface area contributed by atoms with E-state index in [4.69, 9.17) is 14.6 Å². The summed E-state index contributed by atoms with van der Waals surface area (Å²) in [7, 11) is 0. The third-order valence-electron chi connectivity index (χ3n) is 3.47. The summed E-state index contributed by atoms with van der Waals surface area (Å²) in [6.07, 6.45) is 0.651. The molecule has 0 spiro atoms. The van der Waals surface area contributed by atoms with Crippen LogP contribution in [0.2, 0.25) is 0 Å². The zero-order valence-electron chi connectivity index (χ0n) is 17.4. The molecule has 1 amide bonds. The highest BCUT2D eigenvalue weighted by Crippen LogP contribution is 2.15. The van der Waals surface area contributed by atoms with Gasteiger partial charge in [-0.25, -0.2) is 9.59 Å². The molecular weight excluding hydrogens is 346 g/mol. The second kappa shape index (κ2) is 9.74. The Bertz CT molecular complexity index is 628. The minimum atomic E-state index is -0.578. The molecule has 0 saturated heterocycles. The minimum absolute atomic E-state index is 0.00737. The summed E-state index contributed by atoms with van der Waals surface area (Å²) < 4.78 is 10.8. The maximum atomic E-state index is 12.4. The molecule has 6 heteroatoms. The van der Waals surface area contributed by atoms with Gasteiger partial charge in [-0.15, -0.1) is 0 Å². The van der Waals surface area contributed by atoms with E-state index in [0.717, 1.165) is 5.56 Å². The van der Waals surface area contributed by atoms with E-state index >= 15 is 0 Å².